The molecular weight excluding hydrogens is 130 g/mol. The van der Waals surface area contributed by atoms with Crippen LogP contribution < -0.4 is 0 Å². The minimum Gasteiger partial charge on any atom is -0.396 e. The lowest BCUT2D eigenvalue weighted by Gasteiger charge is -1.87. The number of rotatable bonds is 2. The van der Waals surface area contributed by atoms with Gasteiger partial charge in [-0.3, -0.25) is 0 Å². The van der Waals surface area contributed by atoms with Crippen molar-refractivity contribution < 1.29 is 19.0 Å². The number of alkyl halides is 2. The van der Waals surface area contributed by atoms with Crippen molar-refractivity contribution in [2.24, 2.45) is 11.8 Å². The molecule has 1 rings (SSSR count). The van der Waals surface area contributed by atoms with Gasteiger partial charge < -0.3 is 10.2 Å². The zero-order valence-corrected chi connectivity index (χ0v) is 4.72. The SMILES string of the molecule is OC[C@@H]1[C@@H](CO)C1(F)F. The molecule has 1 saturated carbocycles. The van der Waals surface area contributed by atoms with Crippen LogP contribution in [0.25, 0.3) is 0 Å². The van der Waals surface area contributed by atoms with Crippen LogP contribution in [-0.4, -0.2) is 29.3 Å². The van der Waals surface area contributed by atoms with Crippen molar-refractivity contribution in [2.75, 3.05) is 13.2 Å². The van der Waals surface area contributed by atoms with Gasteiger partial charge in [-0.25, -0.2) is 8.78 Å². The van der Waals surface area contributed by atoms with E-state index in [4.69, 9.17) is 10.2 Å². The number of aliphatic hydroxyl groups is 2. The standard InChI is InChI=1S/C5H8F2O2/c6-5(7)3(1-8)4(5)2-9/h3-4,8-9H,1-2H2/t3-,4-/m1/s1. The van der Waals surface area contributed by atoms with E-state index in [0.29, 0.717) is 0 Å². The zero-order valence-electron chi connectivity index (χ0n) is 4.72. The monoisotopic (exact) mass is 138 g/mol. The van der Waals surface area contributed by atoms with Crippen molar-refractivity contribution in [1.29, 1.82) is 0 Å². The summed E-state index contributed by atoms with van der Waals surface area (Å²) in [6.45, 7) is -1.06. The molecule has 54 valence electrons. The van der Waals surface area contributed by atoms with Crippen LogP contribution in [0.2, 0.25) is 0 Å². The quantitative estimate of drug-likeness (QED) is 0.557. The molecule has 4 heteroatoms. The molecule has 0 spiro atoms. The molecule has 0 aromatic rings. The minimum atomic E-state index is -2.82. The van der Waals surface area contributed by atoms with Crippen molar-refractivity contribution in [3.8, 4) is 0 Å². The van der Waals surface area contributed by atoms with Crippen molar-refractivity contribution in [2.45, 2.75) is 5.92 Å². The first kappa shape index (κ1) is 6.89. The van der Waals surface area contributed by atoms with Crippen LogP contribution >= 0.6 is 0 Å². The van der Waals surface area contributed by atoms with Gasteiger partial charge in [0, 0.05) is 0 Å². The van der Waals surface area contributed by atoms with Crippen LogP contribution in [0.1, 0.15) is 0 Å². The third-order valence-electron chi connectivity index (χ3n) is 1.76. The van der Waals surface area contributed by atoms with Crippen LogP contribution in [0, 0.1) is 11.8 Å². The Bertz CT molecular complexity index is 104. The van der Waals surface area contributed by atoms with E-state index in [2.05, 4.69) is 0 Å². The highest BCUT2D eigenvalue weighted by Crippen LogP contribution is 2.54. The van der Waals surface area contributed by atoms with E-state index >= 15 is 0 Å². The van der Waals surface area contributed by atoms with Gasteiger partial charge in [-0.1, -0.05) is 0 Å². The van der Waals surface area contributed by atoms with Gasteiger partial charge >= 0.3 is 0 Å². The normalized spacial score (nSPS) is 38.7. The summed E-state index contributed by atoms with van der Waals surface area (Å²) in [5, 5.41) is 16.5. The van der Waals surface area contributed by atoms with E-state index < -0.39 is 31.0 Å². The Kier molecular flexibility index (Phi) is 1.44. The van der Waals surface area contributed by atoms with E-state index in [9.17, 15) is 8.78 Å². The van der Waals surface area contributed by atoms with E-state index in [1.54, 1.807) is 0 Å². The lowest BCUT2D eigenvalue weighted by molar-refractivity contribution is 0.0639. The molecule has 0 aromatic carbocycles. The van der Waals surface area contributed by atoms with Gasteiger partial charge in [-0.2, -0.15) is 0 Å². The van der Waals surface area contributed by atoms with Crippen LogP contribution in [-0.2, 0) is 0 Å². The first-order valence-corrected chi connectivity index (χ1v) is 2.74. The Balaban J connectivity index is 2.45. The molecule has 0 amide bonds. The predicted molar refractivity (Wildman–Crippen MR) is 26.1 cm³/mol. The van der Waals surface area contributed by atoms with Crippen LogP contribution in [0.15, 0.2) is 0 Å². The molecule has 0 aromatic heterocycles. The second-order valence-corrected chi connectivity index (χ2v) is 2.25. The molecule has 0 bridgehead atoms. The average molecular weight is 138 g/mol. The number of aliphatic hydroxyl groups excluding tert-OH is 2. The molecule has 0 radical (unpaired) electrons. The summed E-state index contributed by atoms with van der Waals surface area (Å²) >= 11 is 0. The summed E-state index contributed by atoms with van der Waals surface area (Å²) in [6.07, 6.45) is 0. The van der Waals surface area contributed by atoms with Crippen molar-refractivity contribution in [3.05, 3.63) is 0 Å². The molecule has 1 aliphatic rings. The Morgan fingerprint density at radius 3 is 1.56 bits per heavy atom. The van der Waals surface area contributed by atoms with Crippen LogP contribution in [0.4, 0.5) is 8.78 Å². The average Bonchev–Trinajstić information content (AvgIpc) is 2.32. The van der Waals surface area contributed by atoms with Gasteiger partial charge in [0.2, 0.25) is 0 Å². The summed E-state index contributed by atoms with van der Waals surface area (Å²) in [5.41, 5.74) is 0. The topological polar surface area (TPSA) is 40.5 Å². The second kappa shape index (κ2) is 1.88. The molecule has 0 unspecified atom stereocenters. The van der Waals surface area contributed by atoms with Crippen molar-refractivity contribution >= 4 is 0 Å². The maximum absolute atomic E-state index is 12.1. The molecule has 1 fully saturated rings. The zero-order chi connectivity index (χ0) is 7.07. The lowest BCUT2D eigenvalue weighted by atomic mass is 10.3. The van der Waals surface area contributed by atoms with Crippen molar-refractivity contribution in [3.63, 3.8) is 0 Å². The third kappa shape index (κ3) is 0.822. The predicted octanol–water partition coefficient (Wildman–Crippen LogP) is -0.148. The fourth-order valence-corrected chi connectivity index (χ4v) is 0.958. The van der Waals surface area contributed by atoms with E-state index in [-0.39, 0.29) is 0 Å². The van der Waals surface area contributed by atoms with Gasteiger partial charge in [-0.15, -0.1) is 0 Å². The molecule has 1 aliphatic carbocycles. The van der Waals surface area contributed by atoms with Gasteiger partial charge in [0.05, 0.1) is 25.0 Å². The fourth-order valence-electron chi connectivity index (χ4n) is 0.958. The largest absolute Gasteiger partial charge is 0.396 e. The Labute approximate surface area is 51.1 Å². The van der Waals surface area contributed by atoms with Gasteiger partial charge in [0.25, 0.3) is 5.92 Å². The van der Waals surface area contributed by atoms with Crippen LogP contribution in [0.5, 0.6) is 0 Å². The molecule has 2 N–H and O–H groups in total. The molecular formula is C5H8F2O2. The Morgan fingerprint density at radius 1 is 1.11 bits per heavy atom. The molecule has 0 heterocycles. The smallest absolute Gasteiger partial charge is 0.259 e. The molecule has 2 nitrogen and oxygen atoms in total. The van der Waals surface area contributed by atoms with E-state index in [1.165, 1.54) is 0 Å². The van der Waals surface area contributed by atoms with Crippen LogP contribution in [0.3, 0.4) is 0 Å². The van der Waals surface area contributed by atoms with Gasteiger partial charge in [0.15, 0.2) is 0 Å². The second-order valence-electron chi connectivity index (χ2n) is 2.25. The first-order valence-electron chi connectivity index (χ1n) is 2.74. The molecule has 0 saturated heterocycles. The Morgan fingerprint density at radius 2 is 1.44 bits per heavy atom. The summed E-state index contributed by atoms with van der Waals surface area (Å²) in [5.74, 6) is -4.81. The summed E-state index contributed by atoms with van der Waals surface area (Å²) in [7, 11) is 0. The molecule has 0 aliphatic heterocycles. The van der Waals surface area contributed by atoms with E-state index in [0.717, 1.165) is 0 Å². The maximum atomic E-state index is 12.1. The highest BCUT2D eigenvalue weighted by Gasteiger charge is 2.67. The number of hydrogen-bond donors (Lipinski definition) is 2. The lowest BCUT2D eigenvalue weighted by Crippen LogP contribution is -1.98. The molecule has 9 heavy (non-hydrogen) atoms. The highest BCUT2D eigenvalue weighted by atomic mass is 19.3. The van der Waals surface area contributed by atoms with Gasteiger partial charge in [0.1, 0.15) is 0 Å². The van der Waals surface area contributed by atoms with E-state index in [1.807, 2.05) is 0 Å². The summed E-state index contributed by atoms with van der Waals surface area (Å²) in [6, 6.07) is 0. The summed E-state index contributed by atoms with van der Waals surface area (Å²) < 4.78 is 24.3. The van der Waals surface area contributed by atoms with Crippen molar-refractivity contribution in [1.82, 2.24) is 0 Å². The highest BCUT2D eigenvalue weighted by molar-refractivity contribution is 5.04. The molecule has 2 atom stereocenters. The third-order valence-corrected chi connectivity index (χ3v) is 1.76. The fraction of sp³-hybridized carbons (Fsp3) is 1.00. The first-order chi connectivity index (χ1) is 4.14. The Hall–Kier alpha value is -0.220. The number of halogens is 2. The van der Waals surface area contributed by atoms with Gasteiger partial charge in [-0.05, 0) is 0 Å². The summed E-state index contributed by atoms with van der Waals surface area (Å²) in [4.78, 5) is 0. The number of hydrogen-bond acceptors (Lipinski definition) is 2. The maximum Gasteiger partial charge on any atom is 0.259 e. The minimum absolute atomic E-state index is 0.530.